The van der Waals surface area contributed by atoms with Crippen LogP contribution in [0.4, 0.5) is 4.39 Å². The lowest BCUT2D eigenvalue weighted by Gasteiger charge is -2.32. The first-order valence-electron chi connectivity index (χ1n) is 9.89. The number of phosphoric ester groups is 1. The zero-order valence-corrected chi connectivity index (χ0v) is 19.7. The third kappa shape index (κ3) is 4.91. The topological polar surface area (TPSA) is 149 Å². The van der Waals surface area contributed by atoms with Crippen LogP contribution < -0.4 is 11.2 Å². The molecule has 0 radical (unpaired) electrons. The molecular weight excluding hydrogens is 530 g/mol. The van der Waals surface area contributed by atoms with Gasteiger partial charge in [0, 0.05) is 28.7 Å². The number of hydrogen-bond acceptors (Lipinski definition) is 9. The van der Waals surface area contributed by atoms with Crippen LogP contribution in [0.2, 0.25) is 0 Å². The highest BCUT2D eigenvalue weighted by molar-refractivity contribution is 9.10. The van der Waals surface area contributed by atoms with E-state index in [4.69, 9.17) is 18.3 Å². The van der Waals surface area contributed by atoms with Crippen molar-refractivity contribution in [3.05, 3.63) is 67.2 Å². The number of rotatable bonds is 5. The van der Waals surface area contributed by atoms with Crippen molar-refractivity contribution in [3.63, 3.8) is 0 Å². The van der Waals surface area contributed by atoms with E-state index in [1.54, 1.807) is 6.07 Å². The fraction of sp³-hybridized carbons (Fsp3) is 0.474. The summed E-state index contributed by atoms with van der Waals surface area (Å²) in [5.41, 5.74) is -2.94. The van der Waals surface area contributed by atoms with E-state index >= 15 is 0 Å². The Hall–Kier alpha value is -1.70. The molecule has 2 saturated heterocycles. The lowest BCUT2D eigenvalue weighted by Crippen LogP contribution is -2.44. The average molecular weight is 551 g/mol. The summed E-state index contributed by atoms with van der Waals surface area (Å²) in [4.78, 5) is 25.4. The van der Waals surface area contributed by atoms with Crippen molar-refractivity contribution in [2.75, 3.05) is 13.2 Å². The van der Waals surface area contributed by atoms with E-state index in [-0.39, 0.29) is 18.6 Å². The van der Waals surface area contributed by atoms with E-state index in [0.717, 1.165) is 16.8 Å². The summed E-state index contributed by atoms with van der Waals surface area (Å²) < 4.78 is 50.5. The summed E-state index contributed by atoms with van der Waals surface area (Å²) >= 11 is 3.17. The molecule has 11 nitrogen and oxygen atoms in total. The van der Waals surface area contributed by atoms with Gasteiger partial charge in [-0.15, -0.1) is 0 Å². The molecule has 33 heavy (non-hydrogen) atoms. The van der Waals surface area contributed by atoms with Crippen LogP contribution in [0, 0.1) is 5.82 Å². The van der Waals surface area contributed by atoms with Gasteiger partial charge >= 0.3 is 13.5 Å². The molecule has 1 aromatic heterocycles. The van der Waals surface area contributed by atoms with Gasteiger partial charge in [-0.05, 0) is 19.1 Å². The van der Waals surface area contributed by atoms with Crippen LogP contribution in [0.15, 0.2) is 44.5 Å². The number of hydrogen-bond donors (Lipinski definition) is 3. The Morgan fingerprint density at radius 3 is 2.82 bits per heavy atom. The van der Waals surface area contributed by atoms with Gasteiger partial charge in [-0.1, -0.05) is 22.0 Å². The molecule has 2 aliphatic heterocycles. The molecule has 3 N–H and O–H groups in total. The van der Waals surface area contributed by atoms with E-state index < -0.39 is 61.6 Å². The number of aromatic amines is 1. The lowest BCUT2D eigenvalue weighted by molar-refractivity contribution is -0.120. The van der Waals surface area contributed by atoms with Crippen molar-refractivity contribution in [1.29, 1.82) is 0 Å². The number of aliphatic hydroxyl groups is 2. The Bertz CT molecular complexity index is 1210. The van der Waals surface area contributed by atoms with Crippen molar-refractivity contribution >= 4 is 23.8 Å². The van der Waals surface area contributed by atoms with E-state index in [9.17, 15) is 28.8 Å². The maximum absolute atomic E-state index is 14.3. The molecule has 0 aliphatic carbocycles. The van der Waals surface area contributed by atoms with E-state index in [1.165, 1.54) is 19.1 Å². The molecule has 0 saturated carbocycles. The van der Waals surface area contributed by atoms with Crippen LogP contribution in [0.3, 0.4) is 0 Å². The molecule has 0 bridgehead atoms. The molecule has 0 amide bonds. The highest BCUT2D eigenvalue weighted by Crippen LogP contribution is 2.58. The highest BCUT2D eigenvalue weighted by atomic mass is 79.9. The highest BCUT2D eigenvalue weighted by Gasteiger charge is 2.54. The fourth-order valence-electron chi connectivity index (χ4n) is 3.66. The van der Waals surface area contributed by atoms with Gasteiger partial charge in [0.05, 0.1) is 19.3 Å². The zero-order chi connectivity index (χ0) is 24.0. The minimum absolute atomic E-state index is 0.0321. The van der Waals surface area contributed by atoms with Crippen molar-refractivity contribution in [2.45, 2.75) is 43.5 Å². The molecule has 0 spiro atoms. The molecule has 180 valence electrons. The minimum Gasteiger partial charge on any atom is -0.387 e. The zero-order valence-electron chi connectivity index (χ0n) is 17.2. The van der Waals surface area contributed by atoms with Crippen LogP contribution in [0.5, 0.6) is 0 Å². The van der Waals surface area contributed by atoms with Gasteiger partial charge < -0.3 is 14.9 Å². The molecule has 3 heterocycles. The van der Waals surface area contributed by atoms with Gasteiger partial charge in [-0.3, -0.25) is 27.9 Å². The van der Waals surface area contributed by atoms with Crippen molar-refractivity contribution in [1.82, 2.24) is 9.55 Å². The predicted molar refractivity (Wildman–Crippen MR) is 114 cm³/mol. The SMILES string of the molecule is C[C@]1(COP2(=O)OCC[C@@H](c3ccc(Br)cc3F)O2)O[C@@H](n2ccc(=O)[nH]c2=O)[C@H](O)[C@@H]1O. The van der Waals surface area contributed by atoms with Crippen LogP contribution in [-0.2, 0) is 22.9 Å². The fourth-order valence-corrected chi connectivity index (χ4v) is 5.46. The van der Waals surface area contributed by atoms with E-state index in [2.05, 4.69) is 15.9 Å². The second-order valence-corrected chi connectivity index (χ2v) is 10.4. The second-order valence-electron chi connectivity index (χ2n) is 7.88. The first kappa shape index (κ1) is 24.4. The van der Waals surface area contributed by atoms with Crippen molar-refractivity contribution < 1.29 is 37.5 Å². The summed E-state index contributed by atoms with van der Waals surface area (Å²) in [6.07, 6.45) is -4.02. The summed E-state index contributed by atoms with van der Waals surface area (Å²) in [5, 5.41) is 21.0. The molecule has 14 heteroatoms. The average Bonchev–Trinajstić information content (AvgIpc) is 2.97. The van der Waals surface area contributed by atoms with Crippen LogP contribution in [0.1, 0.15) is 31.2 Å². The maximum atomic E-state index is 14.3. The summed E-state index contributed by atoms with van der Waals surface area (Å²) in [6.45, 7) is 0.793. The van der Waals surface area contributed by atoms with Gasteiger partial charge in [0.25, 0.3) is 5.56 Å². The van der Waals surface area contributed by atoms with Gasteiger partial charge in [-0.25, -0.2) is 13.8 Å². The molecule has 2 aliphatic rings. The van der Waals surface area contributed by atoms with Crippen LogP contribution >= 0.6 is 23.8 Å². The van der Waals surface area contributed by atoms with E-state index in [0.29, 0.717) is 4.47 Å². The third-order valence-electron chi connectivity index (χ3n) is 5.46. The quantitative estimate of drug-likeness (QED) is 0.473. The number of nitrogens with zero attached hydrogens (tertiary/aromatic N) is 1. The van der Waals surface area contributed by atoms with Gasteiger partial charge in [0.2, 0.25) is 0 Å². The largest absolute Gasteiger partial charge is 0.475 e. The first-order chi connectivity index (χ1) is 15.5. The Morgan fingerprint density at radius 1 is 1.36 bits per heavy atom. The number of aliphatic hydroxyl groups excluding tert-OH is 2. The Kier molecular flexibility index (Phi) is 6.78. The number of ether oxygens (including phenoxy) is 1. The molecule has 6 atom stereocenters. The lowest BCUT2D eigenvalue weighted by atomic mass is 9.99. The predicted octanol–water partition coefficient (Wildman–Crippen LogP) is 1.75. The normalized spacial score (nSPS) is 34.5. The van der Waals surface area contributed by atoms with Crippen molar-refractivity contribution in [3.8, 4) is 0 Å². The number of aromatic nitrogens is 2. The van der Waals surface area contributed by atoms with Crippen molar-refractivity contribution in [2.24, 2.45) is 0 Å². The molecular formula is C19H21BrFN2O9P. The van der Waals surface area contributed by atoms with Gasteiger partial charge in [-0.2, -0.15) is 0 Å². The van der Waals surface area contributed by atoms with Crippen LogP contribution in [0.25, 0.3) is 0 Å². The van der Waals surface area contributed by atoms with Crippen LogP contribution in [-0.4, -0.2) is 50.8 Å². The first-order valence-corrected chi connectivity index (χ1v) is 12.1. The Labute approximate surface area is 194 Å². The second kappa shape index (κ2) is 9.16. The molecule has 2 fully saturated rings. The summed E-state index contributed by atoms with van der Waals surface area (Å²) in [7, 11) is -4.18. The number of halogens is 2. The summed E-state index contributed by atoms with van der Waals surface area (Å²) in [6, 6.07) is 5.42. The Balaban J connectivity index is 1.48. The maximum Gasteiger partial charge on any atom is 0.475 e. The smallest absolute Gasteiger partial charge is 0.387 e. The third-order valence-corrected chi connectivity index (χ3v) is 7.41. The number of H-pyrrole nitrogens is 1. The molecule has 1 aromatic carbocycles. The molecule has 4 rings (SSSR count). The number of phosphoric acid groups is 1. The molecule has 1 unspecified atom stereocenters. The molecule has 2 aromatic rings. The Morgan fingerprint density at radius 2 is 2.12 bits per heavy atom. The minimum atomic E-state index is -4.18. The van der Waals surface area contributed by atoms with E-state index in [1.807, 2.05) is 4.98 Å². The number of nitrogens with one attached hydrogen (secondary N) is 1. The van der Waals surface area contributed by atoms with Gasteiger partial charge in [0.1, 0.15) is 23.6 Å². The summed E-state index contributed by atoms with van der Waals surface area (Å²) in [5.74, 6) is -0.554. The number of benzene rings is 1. The monoisotopic (exact) mass is 550 g/mol. The standard InChI is InChI=1S/C19H21BrFN2O9P/c1-19(16(26)15(25)17(31-19)23-6-4-14(24)22-18(23)27)9-30-33(28)29-7-5-13(32-33)11-3-2-10(20)8-12(11)21/h2-4,6,8,13,15-17,25-26H,5,7,9H2,1H3,(H,22,24,27)/t13-,15+,16-,17+,19+,33?/m0/s1. The van der Waals surface area contributed by atoms with Gasteiger partial charge in [0.15, 0.2) is 6.23 Å².